The molecule has 0 aliphatic carbocycles. The van der Waals surface area contributed by atoms with Crippen LogP contribution in [0.5, 0.6) is 0 Å². The van der Waals surface area contributed by atoms with E-state index in [0.717, 1.165) is 15.7 Å². The molecule has 0 aromatic carbocycles. The predicted molar refractivity (Wildman–Crippen MR) is 64.0 cm³/mol. The van der Waals surface area contributed by atoms with Crippen molar-refractivity contribution in [3.8, 4) is 0 Å². The van der Waals surface area contributed by atoms with E-state index in [4.69, 9.17) is 0 Å². The van der Waals surface area contributed by atoms with Gasteiger partial charge in [-0.2, -0.15) is 0 Å². The topological polar surface area (TPSA) is 42.9 Å². The zero-order valence-corrected chi connectivity index (χ0v) is 9.68. The zero-order valence-electron chi connectivity index (χ0n) is 8.05. The Balaban J connectivity index is 2.08. The van der Waals surface area contributed by atoms with Gasteiger partial charge in [-0.05, 0) is 17.9 Å². The number of allylic oxidation sites excluding steroid dienone is 1. The molecule has 2 rings (SSSR count). The third-order valence-corrected chi connectivity index (χ3v) is 4.34. The SMILES string of the molecule is O=C(C=C1SCCCS1)c1cnccn1. The molecule has 0 atom stereocenters. The number of carbonyl (C=O) groups excluding carboxylic acids is 1. The molecule has 2 heterocycles. The lowest BCUT2D eigenvalue weighted by molar-refractivity contribution is 0.104. The molecule has 0 bridgehead atoms. The summed E-state index contributed by atoms with van der Waals surface area (Å²) in [6, 6.07) is 0. The highest BCUT2D eigenvalue weighted by atomic mass is 32.2. The molecule has 5 heteroatoms. The first-order chi connectivity index (χ1) is 7.36. The predicted octanol–water partition coefficient (Wildman–Crippen LogP) is 2.37. The van der Waals surface area contributed by atoms with Gasteiger partial charge in [-0.15, -0.1) is 23.5 Å². The summed E-state index contributed by atoms with van der Waals surface area (Å²) in [7, 11) is 0. The molecule has 0 N–H and O–H groups in total. The van der Waals surface area contributed by atoms with Crippen LogP contribution in [0.25, 0.3) is 0 Å². The monoisotopic (exact) mass is 238 g/mol. The second-order valence-electron chi connectivity index (χ2n) is 2.97. The lowest BCUT2D eigenvalue weighted by Crippen LogP contribution is -2.00. The van der Waals surface area contributed by atoms with E-state index in [1.807, 2.05) is 0 Å². The molecule has 0 saturated carbocycles. The van der Waals surface area contributed by atoms with Crippen LogP contribution in [0.3, 0.4) is 0 Å². The summed E-state index contributed by atoms with van der Waals surface area (Å²) in [6.07, 6.45) is 7.48. The van der Waals surface area contributed by atoms with Crippen molar-refractivity contribution < 1.29 is 4.79 Å². The summed E-state index contributed by atoms with van der Waals surface area (Å²) in [6.45, 7) is 0. The summed E-state index contributed by atoms with van der Waals surface area (Å²) in [5.41, 5.74) is 0.414. The standard InChI is InChI=1S/C10H10N2OS2/c13-9(8-7-11-2-3-12-8)6-10-14-4-1-5-15-10/h2-3,6-7H,1,4-5H2. The molecule has 1 saturated heterocycles. The van der Waals surface area contributed by atoms with E-state index in [0.29, 0.717) is 5.69 Å². The lowest BCUT2D eigenvalue weighted by Gasteiger charge is -2.11. The normalized spacial score (nSPS) is 16.1. The number of hydrogen-bond acceptors (Lipinski definition) is 5. The van der Waals surface area contributed by atoms with E-state index in [1.165, 1.54) is 18.8 Å². The maximum absolute atomic E-state index is 11.7. The minimum Gasteiger partial charge on any atom is -0.287 e. The molecule has 1 aromatic heterocycles. The Morgan fingerprint density at radius 3 is 2.80 bits per heavy atom. The van der Waals surface area contributed by atoms with Gasteiger partial charge in [-0.3, -0.25) is 9.78 Å². The number of thioether (sulfide) groups is 2. The molecule has 3 nitrogen and oxygen atoms in total. The van der Waals surface area contributed by atoms with Crippen molar-refractivity contribution in [2.24, 2.45) is 0 Å². The highest BCUT2D eigenvalue weighted by molar-refractivity contribution is 8.22. The number of aromatic nitrogens is 2. The first-order valence-corrected chi connectivity index (χ1v) is 6.61. The van der Waals surface area contributed by atoms with Crippen LogP contribution in [0.2, 0.25) is 0 Å². The van der Waals surface area contributed by atoms with E-state index < -0.39 is 0 Å². The van der Waals surface area contributed by atoms with Gasteiger partial charge in [0.1, 0.15) is 5.69 Å². The number of rotatable bonds is 2. The van der Waals surface area contributed by atoms with Crippen LogP contribution in [-0.4, -0.2) is 27.3 Å². The highest BCUT2D eigenvalue weighted by Crippen LogP contribution is 2.34. The van der Waals surface area contributed by atoms with Crippen molar-refractivity contribution in [2.45, 2.75) is 6.42 Å². The third-order valence-electron chi connectivity index (χ3n) is 1.84. The molecule has 1 aromatic rings. The molecule has 0 radical (unpaired) electrons. The van der Waals surface area contributed by atoms with Gasteiger partial charge in [0.15, 0.2) is 0 Å². The largest absolute Gasteiger partial charge is 0.287 e. The van der Waals surface area contributed by atoms with Crippen LogP contribution in [0.1, 0.15) is 16.9 Å². The van der Waals surface area contributed by atoms with Gasteiger partial charge in [0, 0.05) is 22.7 Å². The molecular weight excluding hydrogens is 228 g/mol. The van der Waals surface area contributed by atoms with Crippen molar-refractivity contribution in [1.29, 1.82) is 0 Å². The molecule has 1 fully saturated rings. The van der Waals surface area contributed by atoms with Crippen molar-refractivity contribution in [1.82, 2.24) is 9.97 Å². The van der Waals surface area contributed by atoms with Crippen LogP contribution in [0.15, 0.2) is 28.9 Å². The van der Waals surface area contributed by atoms with Gasteiger partial charge in [0.05, 0.1) is 6.20 Å². The molecule has 1 aliphatic heterocycles. The second-order valence-corrected chi connectivity index (χ2v) is 5.50. The first kappa shape index (κ1) is 10.7. The van der Waals surface area contributed by atoms with Crippen molar-refractivity contribution >= 4 is 29.3 Å². The fourth-order valence-corrected chi connectivity index (χ4v) is 3.51. The van der Waals surface area contributed by atoms with E-state index in [9.17, 15) is 4.79 Å². The number of carbonyl (C=O) groups is 1. The first-order valence-electron chi connectivity index (χ1n) is 4.64. The summed E-state index contributed by atoms with van der Waals surface area (Å²) in [5.74, 6) is 2.15. The molecule has 15 heavy (non-hydrogen) atoms. The van der Waals surface area contributed by atoms with Crippen LogP contribution >= 0.6 is 23.5 Å². The Bertz CT molecular complexity index is 370. The molecule has 1 aliphatic rings. The summed E-state index contributed by atoms with van der Waals surface area (Å²) in [5, 5.41) is 0. The van der Waals surface area contributed by atoms with Crippen LogP contribution < -0.4 is 0 Å². The van der Waals surface area contributed by atoms with Crippen molar-refractivity contribution in [3.05, 3.63) is 34.6 Å². The Hall–Kier alpha value is -0.810. The molecule has 78 valence electrons. The Morgan fingerprint density at radius 2 is 2.13 bits per heavy atom. The van der Waals surface area contributed by atoms with Crippen molar-refractivity contribution in [3.63, 3.8) is 0 Å². The van der Waals surface area contributed by atoms with Crippen LogP contribution in [0.4, 0.5) is 0 Å². The van der Waals surface area contributed by atoms with Gasteiger partial charge in [0.2, 0.25) is 5.78 Å². The van der Waals surface area contributed by atoms with Gasteiger partial charge in [-0.1, -0.05) is 0 Å². The lowest BCUT2D eigenvalue weighted by atomic mass is 10.3. The van der Waals surface area contributed by atoms with Gasteiger partial charge >= 0.3 is 0 Å². The van der Waals surface area contributed by atoms with E-state index in [2.05, 4.69) is 9.97 Å². The minimum absolute atomic E-state index is 0.0556. The summed E-state index contributed by atoms with van der Waals surface area (Å²) in [4.78, 5) is 19.5. The fraction of sp³-hybridized carbons (Fsp3) is 0.300. The Morgan fingerprint density at radius 1 is 1.33 bits per heavy atom. The average Bonchev–Trinajstić information content (AvgIpc) is 2.31. The minimum atomic E-state index is -0.0556. The maximum Gasteiger partial charge on any atom is 0.207 e. The Kier molecular flexibility index (Phi) is 3.80. The number of nitrogens with zero attached hydrogens (tertiary/aromatic N) is 2. The molecule has 0 spiro atoms. The maximum atomic E-state index is 11.7. The van der Waals surface area contributed by atoms with Gasteiger partial charge in [0.25, 0.3) is 0 Å². The average molecular weight is 238 g/mol. The van der Waals surface area contributed by atoms with Crippen LogP contribution in [0, 0.1) is 0 Å². The fourth-order valence-electron chi connectivity index (χ4n) is 1.14. The zero-order chi connectivity index (χ0) is 10.5. The third kappa shape index (κ3) is 3.07. The van der Waals surface area contributed by atoms with E-state index in [1.54, 1.807) is 35.8 Å². The number of ketones is 1. The Labute approximate surface area is 96.8 Å². The smallest absolute Gasteiger partial charge is 0.207 e. The van der Waals surface area contributed by atoms with E-state index in [-0.39, 0.29) is 5.78 Å². The number of hydrogen-bond donors (Lipinski definition) is 0. The molecular formula is C10H10N2OS2. The summed E-state index contributed by atoms with van der Waals surface area (Å²) < 4.78 is 1.09. The van der Waals surface area contributed by atoms with Crippen LogP contribution in [-0.2, 0) is 0 Å². The molecule has 0 amide bonds. The summed E-state index contributed by atoms with van der Waals surface area (Å²) >= 11 is 3.48. The quantitative estimate of drug-likeness (QED) is 0.584. The van der Waals surface area contributed by atoms with Gasteiger partial charge in [-0.25, -0.2) is 4.98 Å². The highest BCUT2D eigenvalue weighted by Gasteiger charge is 2.10. The van der Waals surface area contributed by atoms with E-state index >= 15 is 0 Å². The second kappa shape index (κ2) is 5.32. The van der Waals surface area contributed by atoms with Gasteiger partial charge < -0.3 is 0 Å². The van der Waals surface area contributed by atoms with Crippen molar-refractivity contribution in [2.75, 3.05) is 11.5 Å². The molecule has 0 unspecified atom stereocenters.